The topological polar surface area (TPSA) is 86.5 Å². The van der Waals surface area contributed by atoms with Gasteiger partial charge in [0, 0.05) is 30.3 Å². The number of carboxylic acid groups (broad SMARTS) is 1. The first-order chi connectivity index (χ1) is 21.1. The zero-order chi connectivity index (χ0) is 29.6. The lowest BCUT2D eigenvalue weighted by atomic mass is 9.87. The number of fused-ring (bicyclic) bond motifs is 1. The van der Waals surface area contributed by atoms with Crippen molar-refractivity contribution < 1.29 is 19.4 Å². The Kier molecular flexibility index (Phi) is 8.42. The molecule has 1 unspecified atom stereocenters. The maximum atomic E-state index is 11.0. The lowest BCUT2D eigenvalue weighted by Crippen LogP contribution is -2.18. The van der Waals surface area contributed by atoms with Gasteiger partial charge in [0.1, 0.15) is 5.75 Å². The molecule has 1 N–H and O–H groups in total. The summed E-state index contributed by atoms with van der Waals surface area (Å²) in [6.45, 7) is 2.92. The average Bonchev–Trinajstić information content (AvgIpc) is 3.47. The molecular formula is C36H33N3O4. The van der Waals surface area contributed by atoms with Gasteiger partial charge >= 0.3 is 5.97 Å². The highest BCUT2D eigenvalue weighted by Gasteiger charge is 2.20. The molecule has 0 radical (unpaired) electrons. The van der Waals surface area contributed by atoms with Crippen LogP contribution in [0.3, 0.4) is 0 Å². The summed E-state index contributed by atoms with van der Waals surface area (Å²) >= 11 is 0. The van der Waals surface area contributed by atoms with Crippen molar-refractivity contribution in [3.05, 3.63) is 126 Å². The van der Waals surface area contributed by atoms with Crippen LogP contribution < -0.4 is 4.74 Å². The number of rotatable bonds is 9. The second-order valence-corrected chi connectivity index (χ2v) is 10.5. The second-order valence-electron chi connectivity index (χ2n) is 10.5. The maximum absolute atomic E-state index is 11.0. The van der Waals surface area contributed by atoms with E-state index in [-0.39, 0.29) is 6.23 Å². The first kappa shape index (κ1) is 28.1. The number of carbonyl (C=O) groups is 1. The van der Waals surface area contributed by atoms with Crippen molar-refractivity contribution in [1.29, 1.82) is 0 Å². The van der Waals surface area contributed by atoms with E-state index >= 15 is 0 Å². The Labute approximate surface area is 250 Å². The molecule has 1 atom stereocenters. The van der Waals surface area contributed by atoms with Gasteiger partial charge in [-0.1, -0.05) is 55.5 Å². The number of carboxylic acids is 1. The summed E-state index contributed by atoms with van der Waals surface area (Å²) in [6.07, 6.45) is 10.3. The number of hydrogen-bond acceptors (Lipinski definition) is 5. The Hall–Kier alpha value is -5.01. The molecule has 216 valence electrons. The van der Waals surface area contributed by atoms with Crippen molar-refractivity contribution in [2.24, 2.45) is 0 Å². The van der Waals surface area contributed by atoms with Crippen LogP contribution in [0.5, 0.6) is 11.6 Å². The standard InChI is InChI=1S/C36H33N3O4/c1-2-31(27-8-7-9-30(23-27)43-33-10-3-5-20-37-33)36(26-15-12-25(13-16-26)14-19-35(40)41)28-17-18-32-29(22-28)24-38-39(32)34-11-4-6-21-42-34/h3,5,7-10,12-20,22-24,34H,2,4,6,11,21H2,1H3,(H,40,41)/b19-14?,36-31+. The van der Waals surface area contributed by atoms with E-state index < -0.39 is 5.97 Å². The summed E-state index contributed by atoms with van der Waals surface area (Å²) in [5.74, 6) is 0.273. The summed E-state index contributed by atoms with van der Waals surface area (Å²) in [5.41, 5.74) is 7.26. The van der Waals surface area contributed by atoms with Gasteiger partial charge in [-0.25, -0.2) is 14.5 Å². The molecule has 43 heavy (non-hydrogen) atoms. The minimum atomic E-state index is -0.974. The van der Waals surface area contributed by atoms with Gasteiger partial charge in [-0.15, -0.1) is 0 Å². The zero-order valence-electron chi connectivity index (χ0n) is 24.0. The largest absolute Gasteiger partial charge is 0.478 e. The maximum Gasteiger partial charge on any atom is 0.328 e. The second kappa shape index (κ2) is 12.9. The molecular weight excluding hydrogens is 538 g/mol. The number of hydrogen-bond donors (Lipinski definition) is 1. The zero-order valence-corrected chi connectivity index (χ0v) is 24.0. The molecule has 1 aliphatic heterocycles. The van der Waals surface area contributed by atoms with E-state index in [9.17, 15) is 4.79 Å². The van der Waals surface area contributed by atoms with E-state index in [1.54, 1.807) is 12.3 Å². The van der Waals surface area contributed by atoms with Crippen molar-refractivity contribution in [3.8, 4) is 11.6 Å². The van der Waals surface area contributed by atoms with Crippen LogP contribution >= 0.6 is 0 Å². The molecule has 7 heteroatoms. The monoisotopic (exact) mass is 571 g/mol. The van der Waals surface area contributed by atoms with Crippen LogP contribution in [0.1, 0.15) is 61.1 Å². The summed E-state index contributed by atoms with van der Waals surface area (Å²) in [5, 5.41) is 14.8. The fourth-order valence-electron chi connectivity index (χ4n) is 5.60. The van der Waals surface area contributed by atoms with Gasteiger partial charge < -0.3 is 14.6 Å². The van der Waals surface area contributed by atoms with E-state index in [2.05, 4.69) is 42.2 Å². The molecule has 3 heterocycles. The fourth-order valence-corrected chi connectivity index (χ4v) is 5.60. The molecule has 2 aromatic heterocycles. The fraction of sp³-hybridized carbons (Fsp3) is 0.194. The van der Waals surface area contributed by atoms with Gasteiger partial charge in [0.25, 0.3) is 0 Å². The lowest BCUT2D eigenvalue weighted by Gasteiger charge is -2.23. The van der Waals surface area contributed by atoms with E-state index in [0.29, 0.717) is 11.6 Å². The number of allylic oxidation sites excluding steroid dienone is 1. The number of nitrogens with zero attached hydrogens (tertiary/aromatic N) is 3. The van der Waals surface area contributed by atoms with Crippen LogP contribution in [-0.4, -0.2) is 32.4 Å². The van der Waals surface area contributed by atoms with Crippen LogP contribution in [0.15, 0.2) is 103 Å². The van der Waals surface area contributed by atoms with Gasteiger partial charge in [-0.3, -0.25) is 0 Å². The highest BCUT2D eigenvalue weighted by atomic mass is 16.5. The Balaban J connectivity index is 1.45. The van der Waals surface area contributed by atoms with Crippen molar-refractivity contribution in [1.82, 2.24) is 14.8 Å². The van der Waals surface area contributed by atoms with E-state index in [4.69, 9.17) is 19.7 Å². The molecule has 5 aromatic rings. The highest BCUT2D eigenvalue weighted by Crippen LogP contribution is 2.37. The third-order valence-electron chi connectivity index (χ3n) is 7.63. The van der Waals surface area contributed by atoms with E-state index in [1.807, 2.05) is 65.5 Å². The Morgan fingerprint density at radius 3 is 2.60 bits per heavy atom. The smallest absolute Gasteiger partial charge is 0.328 e. The molecule has 0 spiro atoms. The Bertz CT molecular complexity index is 1780. The number of ether oxygens (including phenoxy) is 2. The molecule has 0 amide bonds. The van der Waals surface area contributed by atoms with Crippen molar-refractivity contribution in [2.45, 2.75) is 38.8 Å². The predicted molar refractivity (Wildman–Crippen MR) is 169 cm³/mol. The minimum absolute atomic E-state index is 0.0356. The molecule has 0 bridgehead atoms. The van der Waals surface area contributed by atoms with Gasteiger partial charge in [-0.05, 0) is 95.5 Å². The highest BCUT2D eigenvalue weighted by molar-refractivity contribution is 6.00. The van der Waals surface area contributed by atoms with Crippen LogP contribution in [-0.2, 0) is 9.53 Å². The van der Waals surface area contributed by atoms with Crippen molar-refractivity contribution in [2.75, 3.05) is 6.61 Å². The molecule has 6 rings (SSSR count). The quantitative estimate of drug-likeness (QED) is 0.141. The molecule has 1 aliphatic rings. The van der Waals surface area contributed by atoms with E-state index in [0.717, 1.165) is 82.7 Å². The molecule has 1 fully saturated rings. The van der Waals surface area contributed by atoms with Crippen LogP contribution in [0.25, 0.3) is 28.1 Å². The van der Waals surface area contributed by atoms with Gasteiger partial charge in [0.15, 0.2) is 6.23 Å². The third-order valence-corrected chi connectivity index (χ3v) is 7.63. The number of pyridine rings is 1. The van der Waals surface area contributed by atoms with Gasteiger partial charge in [-0.2, -0.15) is 5.10 Å². The SMILES string of the molecule is CC/C(=C(/c1ccc(C=CC(=O)O)cc1)c1ccc2c(cnn2C2CCCCO2)c1)c1cccc(Oc2ccccn2)c1. The minimum Gasteiger partial charge on any atom is -0.478 e. The van der Waals surface area contributed by atoms with Crippen LogP contribution in [0.4, 0.5) is 0 Å². The normalized spacial score (nSPS) is 15.9. The summed E-state index contributed by atoms with van der Waals surface area (Å²) in [6, 6.07) is 28.1. The van der Waals surface area contributed by atoms with Gasteiger partial charge in [0.05, 0.1) is 11.7 Å². The lowest BCUT2D eigenvalue weighted by molar-refractivity contribution is -0.131. The third kappa shape index (κ3) is 6.42. The Morgan fingerprint density at radius 2 is 1.86 bits per heavy atom. The summed E-state index contributed by atoms with van der Waals surface area (Å²) < 4.78 is 14.1. The Morgan fingerprint density at radius 1 is 1.00 bits per heavy atom. The predicted octanol–water partition coefficient (Wildman–Crippen LogP) is 8.39. The van der Waals surface area contributed by atoms with Crippen molar-refractivity contribution >= 4 is 34.1 Å². The molecule has 1 saturated heterocycles. The molecule has 0 aliphatic carbocycles. The first-order valence-electron chi connectivity index (χ1n) is 14.6. The number of benzene rings is 3. The summed E-state index contributed by atoms with van der Waals surface area (Å²) in [4.78, 5) is 15.4. The van der Waals surface area contributed by atoms with Gasteiger partial charge in [0.2, 0.25) is 5.88 Å². The number of aliphatic carboxylic acids is 1. The first-order valence-corrected chi connectivity index (χ1v) is 14.6. The van der Waals surface area contributed by atoms with Crippen LogP contribution in [0.2, 0.25) is 0 Å². The average molecular weight is 572 g/mol. The molecule has 0 saturated carbocycles. The molecule has 7 nitrogen and oxygen atoms in total. The van der Waals surface area contributed by atoms with Crippen molar-refractivity contribution in [3.63, 3.8) is 0 Å². The summed E-state index contributed by atoms with van der Waals surface area (Å²) in [7, 11) is 0. The van der Waals surface area contributed by atoms with Crippen LogP contribution in [0, 0.1) is 0 Å². The molecule has 3 aromatic carbocycles. The number of aromatic nitrogens is 3. The van der Waals surface area contributed by atoms with E-state index in [1.165, 1.54) is 0 Å².